The molecule has 0 bridgehead atoms. The van der Waals surface area contributed by atoms with Crippen molar-refractivity contribution in [3.8, 4) is 0 Å². The monoisotopic (exact) mass is 283 g/mol. The van der Waals surface area contributed by atoms with Crippen LogP contribution in [0, 0.1) is 0 Å². The van der Waals surface area contributed by atoms with Crippen LogP contribution in [0.25, 0.3) is 0 Å². The van der Waals surface area contributed by atoms with Crippen molar-refractivity contribution < 1.29 is 19.5 Å². The molecule has 2 N–H and O–H groups in total. The van der Waals surface area contributed by atoms with Gasteiger partial charge in [0.15, 0.2) is 0 Å². The van der Waals surface area contributed by atoms with Gasteiger partial charge in [-0.25, -0.2) is 4.79 Å². The highest BCUT2D eigenvalue weighted by molar-refractivity contribution is 6.04. The summed E-state index contributed by atoms with van der Waals surface area (Å²) in [5.74, 6) is -0.646. The zero-order valence-electron chi connectivity index (χ0n) is 11.5. The minimum Gasteiger partial charge on any atom is -0.395 e. The lowest BCUT2D eigenvalue weighted by Crippen LogP contribution is -2.48. The van der Waals surface area contributed by atoms with Gasteiger partial charge in [0, 0.05) is 12.6 Å². The van der Waals surface area contributed by atoms with Crippen LogP contribution in [0.4, 0.5) is 4.79 Å². The lowest BCUT2D eigenvalue weighted by molar-refractivity contribution is -0.139. The van der Waals surface area contributed by atoms with Crippen molar-refractivity contribution in [3.63, 3.8) is 0 Å². The molecule has 1 saturated carbocycles. The summed E-state index contributed by atoms with van der Waals surface area (Å²) in [6, 6.07) is -0.403. The Morgan fingerprint density at radius 1 is 1.30 bits per heavy atom. The van der Waals surface area contributed by atoms with Crippen LogP contribution in [0.3, 0.4) is 0 Å². The van der Waals surface area contributed by atoms with E-state index in [-0.39, 0.29) is 44.1 Å². The number of aliphatic hydroxyl groups excluding tert-OH is 1. The molecule has 0 aromatic carbocycles. The Balaban J connectivity index is 1.99. The Morgan fingerprint density at radius 2 is 2.00 bits per heavy atom. The Morgan fingerprint density at radius 3 is 2.55 bits per heavy atom. The molecule has 4 amide bonds. The molecule has 1 saturated heterocycles. The van der Waals surface area contributed by atoms with E-state index in [2.05, 4.69) is 5.32 Å². The molecule has 2 aliphatic rings. The molecule has 0 unspecified atom stereocenters. The molecule has 112 valence electrons. The summed E-state index contributed by atoms with van der Waals surface area (Å²) in [6.45, 7) is -0.133. The topological polar surface area (TPSA) is 90.0 Å². The van der Waals surface area contributed by atoms with Crippen LogP contribution >= 0.6 is 0 Å². The third kappa shape index (κ3) is 3.27. The number of nitrogens with one attached hydrogen (secondary N) is 1. The number of amides is 4. The lowest BCUT2D eigenvalue weighted by Gasteiger charge is -2.34. The van der Waals surface area contributed by atoms with E-state index in [1.807, 2.05) is 0 Å². The van der Waals surface area contributed by atoms with E-state index < -0.39 is 6.03 Å². The normalized spacial score (nSPS) is 20.1. The molecule has 7 heteroatoms. The molecule has 0 aromatic heterocycles. The van der Waals surface area contributed by atoms with E-state index in [0.29, 0.717) is 0 Å². The number of carbonyl (C=O) groups is 3. The van der Waals surface area contributed by atoms with Crippen LogP contribution in [-0.4, -0.2) is 65.0 Å². The molecular weight excluding hydrogens is 262 g/mol. The maximum Gasteiger partial charge on any atom is 0.325 e. The fraction of sp³-hybridized carbons (Fsp3) is 0.769. The van der Waals surface area contributed by atoms with Crippen molar-refractivity contribution in [2.24, 2.45) is 0 Å². The summed E-state index contributed by atoms with van der Waals surface area (Å²) in [5.41, 5.74) is 0. The highest BCUT2D eigenvalue weighted by Gasteiger charge is 2.33. The van der Waals surface area contributed by atoms with E-state index in [0.717, 1.165) is 30.6 Å². The van der Waals surface area contributed by atoms with Gasteiger partial charge < -0.3 is 15.3 Å². The number of rotatable bonds is 5. The first-order chi connectivity index (χ1) is 9.63. The van der Waals surface area contributed by atoms with Crippen LogP contribution < -0.4 is 5.32 Å². The smallest absolute Gasteiger partial charge is 0.325 e. The highest BCUT2D eigenvalue weighted by atomic mass is 16.3. The van der Waals surface area contributed by atoms with E-state index in [1.165, 1.54) is 6.42 Å². The molecule has 20 heavy (non-hydrogen) atoms. The van der Waals surface area contributed by atoms with Crippen LogP contribution in [0.5, 0.6) is 0 Å². The Kier molecular flexibility index (Phi) is 4.94. The second-order valence-corrected chi connectivity index (χ2v) is 5.24. The predicted molar refractivity (Wildman–Crippen MR) is 70.8 cm³/mol. The van der Waals surface area contributed by atoms with Gasteiger partial charge in [0.05, 0.1) is 13.2 Å². The molecule has 0 atom stereocenters. The van der Waals surface area contributed by atoms with E-state index in [1.54, 1.807) is 4.90 Å². The Labute approximate surface area is 117 Å². The number of imide groups is 1. The molecule has 0 radical (unpaired) electrons. The zero-order chi connectivity index (χ0) is 14.5. The van der Waals surface area contributed by atoms with Crippen molar-refractivity contribution in [1.82, 2.24) is 15.1 Å². The average molecular weight is 283 g/mol. The van der Waals surface area contributed by atoms with Gasteiger partial charge in [-0.2, -0.15) is 0 Å². The van der Waals surface area contributed by atoms with Crippen LogP contribution in [0.1, 0.15) is 32.1 Å². The van der Waals surface area contributed by atoms with Crippen LogP contribution in [-0.2, 0) is 9.59 Å². The molecule has 0 spiro atoms. The predicted octanol–water partition coefficient (Wildman–Crippen LogP) is -0.308. The molecule has 1 aliphatic carbocycles. The maximum absolute atomic E-state index is 12.3. The molecule has 2 fully saturated rings. The standard InChI is InChI=1S/C13H21N3O4/c17-7-6-15(10-4-2-1-3-5-10)12(19)9-16-11(18)8-14-13(16)20/h10,17H,1-9H2,(H,14,20). The fourth-order valence-electron chi connectivity index (χ4n) is 2.85. The maximum atomic E-state index is 12.3. The van der Waals surface area contributed by atoms with Crippen LogP contribution in [0.15, 0.2) is 0 Å². The van der Waals surface area contributed by atoms with Gasteiger partial charge in [-0.15, -0.1) is 0 Å². The largest absolute Gasteiger partial charge is 0.395 e. The SMILES string of the molecule is O=C1CNC(=O)N1CC(=O)N(CCO)C1CCCCC1. The van der Waals surface area contributed by atoms with Gasteiger partial charge in [-0.05, 0) is 12.8 Å². The Hall–Kier alpha value is -1.63. The number of hydrogen-bond acceptors (Lipinski definition) is 4. The van der Waals surface area contributed by atoms with Crippen molar-refractivity contribution >= 4 is 17.8 Å². The third-order valence-electron chi connectivity index (χ3n) is 3.91. The van der Waals surface area contributed by atoms with Crippen LogP contribution in [0.2, 0.25) is 0 Å². The molecule has 1 aliphatic heterocycles. The quantitative estimate of drug-likeness (QED) is 0.677. The Bertz CT molecular complexity index is 377. The third-order valence-corrected chi connectivity index (χ3v) is 3.91. The molecule has 0 aromatic rings. The van der Waals surface area contributed by atoms with Gasteiger partial charge in [-0.3, -0.25) is 14.5 Å². The number of urea groups is 1. The second kappa shape index (κ2) is 6.69. The van der Waals surface area contributed by atoms with E-state index in [4.69, 9.17) is 5.11 Å². The van der Waals surface area contributed by atoms with E-state index >= 15 is 0 Å². The number of aliphatic hydroxyl groups is 1. The van der Waals surface area contributed by atoms with Crippen molar-refractivity contribution in [2.45, 2.75) is 38.1 Å². The molecule has 1 heterocycles. The van der Waals surface area contributed by atoms with Gasteiger partial charge in [0.25, 0.3) is 5.91 Å². The zero-order valence-corrected chi connectivity index (χ0v) is 11.5. The summed E-state index contributed by atoms with van der Waals surface area (Å²) in [6.07, 6.45) is 5.16. The average Bonchev–Trinajstić information content (AvgIpc) is 2.77. The summed E-state index contributed by atoms with van der Waals surface area (Å²) in [7, 11) is 0. The lowest BCUT2D eigenvalue weighted by atomic mass is 9.94. The van der Waals surface area contributed by atoms with Gasteiger partial charge >= 0.3 is 6.03 Å². The fourth-order valence-corrected chi connectivity index (χ4v) is 2.85. The number of carbonyl (C=O) groups excluding carboxylic acids is 3. The van der Waals surface area contributed by atoms with Gasteiger partial charge in [-0.1, -0.05) is 19.3 Å². The molecule has 7 nitrogen and oxygen atoms in total. The first-order valence-electron chi connectivity index (χ1n) is 7.12. The molecule has 2 rings (SSSR count). The number of nitrogens with zero attached hydrogens (tertiary/aromatic N) is 2. The summed E-state index contributed by atoms with van der Waals surface area (Å²) in [5, 5.41) is 11.5. The van der Waals surface area contributed by atoms with Crippen molar-refractivity contribution in [1.29, 1.82) is 0 Å². The van der Waals surface area contributed by atoms with Gasteiger partial charge in [0.2, 0.25) is 5.91 Å². The first kappa shape index (κ1) is 14.8. The summed E-state index contributed by atoms with van der Waals surface area (Å²) >= 11 is 0. The minimum atomic E-state index is -0.518. The summed E-state index contributed by atoms with van der Waals surface area (Å²) < 4.78 is 0. The second-order valence-electron chi connectivity index (χ2n) is 5.24. The summed E-state index contributed by atoms with van der Waals surface area (Å²) in [4.78, 5) is 37.8. The van der Waals surface area contributed by atoms with Crippen molar-refractivity contribution in [3.05, 3.63) is 0 Å². The molecular formula is C13H21N3O4. The first-order valence-corrected chi connectivity index (χ1v) is 7.12. The van der Waals surface area contributed by atoms with Gasteiger partial charge in [0.1, 0.15) is 6.54 Å². The van der Waals surface area contributed by atoms with E-state index in [9.17, 15) is 14.4 Å². The minimum absolute atomic E-state index is 0.0461. The number of hydrogen-bond donors (Lipinski definition) is 2. The van der Waals surface area contributed by atoms with Crippen molar-refractivity contribution in [2.75, 3.05) is 26.2 Å². The highest BCUT2D eigenvalue weighted by Crippen LogP contribution is 2.22.